The van der Waals surface area contributed by atoms with Gasteiger partial charge in [-0.3, -0.25) is 14.4 Å². The molecule has 0 aliphatic carbocycles. The van der Waals surface area contributed by atoms with Crippen LogP contribution in [0.3, 0.4) is 0 Å². The Morgan fingerprint density at radius 2 is 1.74 bits per heavy atom. The fourth-order valence-corrected chi connectivity index (χ4v) is 5.57. The van der Waals surface area contributed by atoms with Crippen LogP contribution in [-0.4, -0.2) is 76.3 Å². The van der Waals surface area contributed by atoms with Crippen molar-refractivity contribution in [3.05, 3.63) is 41.0 Å². The zero-order valence-electron chi connectivity index (χ0n) is 25.5. The highest BCUT2D eigenvalue weighted by Crippen LogP contribution is 2.30. The number of nitrogens with one attached hydrogen (secondary N) is 2. The molecule has 1 aromatic carbocycles. The largest absolute Gasteiger partial charge is 0.469 e. The predicted molar refractivity (Wildman–Crippen MR) is 159 cm³/mol. The van der Waals surface area contributed by atoms with Crippen molar-refractivity contribution in [1.82, 2.24) is 20.5 Å². The molecular weight excluding hydrogens is 560 g/mol. The van der Waals surface area contributed by atoms with Crippen molar-refractivity contribution in [2.75, 3.05) is 13.7 Å². The van der Waals surface area contributed by atoms with Gasteiger partial charge in [0.05, 0.1) is 41.8 Å². The van der Waals surface area contributed by atoms with Crippen molar-refractivity contribution in [2.45, 2.75) is 91.1 Å². The van der Waals surface area contributed by atoms with Gasteiger partial charge in [0.2, 0.25) is 11.8 Å². The van der Waals surface area contributed by atoms with Crippen LogP contribution in [0, 0.1) is 12.3 Å². The summed E-state index contributed by atoms with van der Waals surface area (Å²) in [5, 5.41) is 16.1. The van der Waals surface area contributed by atoms with E-state index in [1.54, 1.807) is 47.1 Å². The molecule has 0 saturated carbocycles. The number of likely N-dealkylation sites (tertiary alicyclic amines) is 1. The van der Waals surface area contributed by atoms with E-state index in [2.05, 4.69) is 15.6 Å². The molecule has 42 heavy (non-hydrogen) atoms. The zero-order chi connectivity index (χ0) is 31.4. The number of β-amino-alcohol motifs (C(OH)–C–C–N with tert-alkyl or cyclic N) is 1. The van der Waals surface area contributed by atoms with Crippen LogP contribution < -0.4 is 10.6 Å². The molecule has 3 rings (SSSR count). The number of benzene rings is 1. The molecule has 1 saturated heterocycles. The first-order chi connectivity index (χ1) is 19.5. The molecule has 230 valence electrons. The Balaban J connectivity index is 1.84. The van der Waals surface area contributed by atoms with Crippen molar-refractivity contribution in [3.63, 3.8) is 0 Å². The number of aromatic nitrogens is 1. The van der Waals surface area contributed by atoms with Crippen LogP contribution in [0.5, 0.6) is 0 Å². The number of hydrogen-bond donors (Lipinski definition) is 3. The molecule has 12 heteroatoms. The molecule has 4 atom stereocenters. The first kappa shape index (κ1) is 33.0. The number of carbonyl (C=O) groups excluding carboxylic acids is 4. The number of aryl methyl sites for hydroxylation is 1. The topological polar surface area (TPSA) is 147 Å². The molecule has 3 N–H and O–H groups in total. The van der Waals surface area contributed by atoms with E-state index < -0.39 is 59.1 Å². The van der Waals surface area contributed by atoms with Crippen LogP contribution in [-0.2, 0) is 23.9 Å². The van der Waals surface area contributed by atoms with Gasteiger partial charge in [-0.05, 0) is 44.2 Å². The van der Waals surface area contributed by atoms with E-state index in [9.17, 15) is 24.3 Å². The third-order valence-electron chi connectivity index (χ3n) is 6.87. The smallest absolute Gasteiger partial charge is 0.408 e. The van der Waals surface area contributed by atoms with Crippen LogP contribution in [0.25, 0.3) is 10.4 Å². The second-order valence-electron chi connectivity index (χ2n) is 12.6. The number of thiazole rings is 1. The molecule has 0 spiro atoms. The molecule has 0 bridgehead atoms. The number of aliphatic hydroxyl groups excluding tert-OH is 1. The number of hydrogen-bond acceptors (Lipinski definition) is 9. The second kappa shape index (κ2) is 13.2. The van der Waals surface area contributed by atoms with Crippen LogP contribution in [0.15, 0.2) is 29.8 Å². The van der Waals surface area contributed by atoms with Crippen molar-refractivity contribution in [1.29, 1.82) is 0 Å². The van der Waals surface area contributed by atoms with Crippen molar-refractivity contribution >= 4 is 35.2 Å². The first-order valence-electron chi connectivity index (χ1n) is 13.9. The van der Waals surface area contributed by atoms with E-state index in [0.29, 0.717) is 5.56 Å². The van der Waals surface area contributed by atoms with Gasteiger partial charge in [0.25, 0.3) is 0 Å². The normalized spacial score (nSPS) is 18.6. The molecule has 2 aromatic rings. The van der Waals surface area contributed by atoms with Crippen molar-refractivity contribution in [3.8, 4) is 10.4 Å². The highest BCUT2D eigenvalue weighted by molar-refractivity contribution is 7.13. The summed E-state index contributed by atoms with van der Waals surface area (Å²) in [4.78, 5) is 58.9. The Morgan fingerprint density at radius 1 is 1.10 bits per heavy atom. The van der Waals surface area contributed by atoms with Crippen LogP contribution in [0.1, 0.15) is 71.7 Å². The van der Waals surface area contributed by atoms with Gasteiger partial charge >= 0.3 is 12.1 Å². The SMILES string of the molecule is COC(=O)C[C@H](NC(=O)[C@@H]1C[C@@H](O)CN1C(=O)[C@@H](NC(=O)OC(C)(C)C)C(C)(C)C)c1ccc(-c2scnc2C)cc1. The van der Waals surface area contributed by atoms with E-state index in [4.69, 9.17) is 9.47 Å². The van der Waals surface area contributed by atoms with E-state index in [1.165, 1.54) is 23.3 Å². The van der Waals surface area contributed by atoms with Gasteiger partial charge in [0.15, 0.2) is 0 Å². The Morgan fingerprint density at radius 3 is 2.26 bits per heavy atom. The summed E-state index contributed by atoms with van der Waals surface area (Å²) < 4.78 is 10.2. The summed E-state index contributed by atoms with van der Waals surface area (Å²) in [7, 11) is 1.27. The number of rotatable bonds is 8. The standard InChI is InChI=1S/C30H42N4O7S/c1-17-24(42-16-31-17)19-11-9-18(10-12-19)21(14-23(36)40-8)32-26(37)22-13-20(35)15-34(22)27(38)25(29(2,3)4)33-28(39)41-30(5,6)7/h9-12,16,20-22,25,35H,13-15H2,1-8H3,(H,32,37)(H,33,39)/t20-,21+,22+,25-/m1/s1. The lowest BCUT2D eigenvalue weighted by atomic mass is 9.85. The van der Waals surface area contributed by atoms with Gasteiger partial charge < -0.3 is 30.1 Å². The highest BCUT2D eigenvalue weighted by Gasteiger charge is 2.45. The lowest BCUT2D eigenvalue weighted by molar-refractivity contribution is -0.144. The summed E-state index contributed by atoms with van der Waals surface area (Å²) in [5.74, 6) is -1.56. The maximum absolute atomic E-state index is 13.8. The monoisotopic (exact) mass is 602 g/mol. The molecule has 1 aromatic heterocycles. The minimum atomic E-state index is -1.03. The van der Waals surface area contributed by atoms with E-state index in [-0.39, 0.29) is 19.4 Å². The molecule has 0 unspecified atom stereocenters. The maximum Gasteiger partial charge on any atom is 0.408 e. The summed E-state index contributed by atoms with van der Waals surface area (Å²) in [6.45, 7) is 12.4. The Kier molecular flexibility index (Phi) is 10.4. The number of nitrogens with zero attached hydrogens (tertiary/aromatic N) is 2. The Hall–Kier alpha value is -3.51. The third kappa shape index (κ3) is 8.51. The number of methoxy groups -OCH3 is 1. The quantitative estimate of drug-likeness (QED) is 0.387. The summed E-state index contributed by atoms with van der Waals surface area (Å²) in [6.07, 6.45) is -1.82. The summed E-state index contributed by atoms with van der Waals surface area (Å²) >= 11 is 1.52. The predicted octanol–water partition coefficient (Wildman–Crippen LogP) is 3.74. The number of alkyl carbamates (subject to hydrolysis) is 1. The molecule has 1 aliphatic rings. The molecular formula is C30H42N4O7S. The Labute approximate surface area is 251 Å². The lowest BCUT2D eigenvalue weighted by Gasteiger charge is -2.36. The third-order valence-corrected chi connectivity index (χ3v) is 7.85. The minimum absolute atomic E-state index is 0.00934. The zero-order valence-corrected chi connectivity index (χ0v) is 26.3. The van der Waals surface area contributed by atoms with Crippen LogP contribution in [0.4, 0.5) is 4.79 Å². The highest BCUT2D eigenvalue weighted by atomic mass is 32.1. The number of amides is 3. The molecule has 3 amide bonds. The molecule has 2 heterocycles. The molecule has 1 fully saturated rings. The Bertz CT molecular complexity index is 1280. The maximum atomic E-state index is 13.8. The fraction of sp³-hybridized carbons (Fsp3) is 0.567. The van der Waals surface area contributed by atoms with Crippen LogP contribution in [0.2, 0.25) is 0 Å². The number of aliphatic hydroxyl groups is 1. The van der Waals surface area contributed by atoms with Crippen LogP contribution >= 0.6 is 11.3 Å². The van der Waals surface area contributed by atoms with Gasteiger partial charge in [-0.2, -0.15) is 0 Å². The average Bonchev–Trinajstić information content (AvgIpc) is 3.50. The van der Waals surface area contributed by atoms with Gasteiger partial charge in [0.1, 0.15) is 17.7 Å². The summed E-state index contributed by atoms with van der Waals surface area (Å²) in [5.41, 5.74) is 2.82. The van der Waals surface area contributed by atoms with E-state index in [1.807, 2.05) is 31.2 Å². The van der Waals surface area contributed by atoms with Gasteiger partial charge in [0, 0.05) is 13.0 Å². The number of carbonyl (C=O) groups is 4. The van der Waals surface area contributed by atoms with Crippen molar-refractivity contribution in [2.24, 2.45) is 5.41 Å². The second-order valence-corrected chi connectivity index (χ2v) is 13.4. The summed E-state index contributed by atoms with van der Waals surface area (Å²) in [6, 6.07) is 4.67. The van der Waals surface area contributed by atoms with Gasteiger partial charge in [-0.1, -0.05) is 45.0 Å². The average molecular weight is 603 g/mol. The van der Waals surface area contributed by atoms with Gasteiger partial charge in [-0.15, -0.1) is 11.3 Å². The van der Waals surface area contributed by atoms with Gasteiger partial charge in [-0.25, -0.2) is 9.78 Å². The lowest BCUT2D eigenvalue weighted by Crippen LogP contribution is -2.58. The van der Waals surface area contributed by atoms with Crippen molar-refractivity contribution < 1.29 is 33.8 Å². The minimum Gasteiger partial charge on any atom is -0.469 e. The molecule has 1 aliphatic heterocycles. The van der Waals surface area contributed by atoms with E-state index in [0.717, 1.165) is 16.1 Å². The number of esters is 1. The number of ether oxygens (including phenoxy) is 2. The molecule has 11 nitrogen and oxygen atoms in total. The van der Waals surface area contributed by atoms with E-state index >= 15 is 0 Å². The first-order valence-corrected chi connectivity index (χ1v) is 14.7. The molecule has 0 radical (unpaired) electrons. The fourth-order valence-electron chi connectivity index (χ4n) is 4.76.